The topological polar surface area (TPSA) is 29.1 Å². The van der Waals surface area contributed by atoms with Crippen molar-refractivity contribution in [3.63, 3.8) is 0 Å². The van der Waals surface area contributed by atoms with Gasteiger partial charge in [0, 0.05) is 17.1 Å². The van der Waals surface area contributed by atoms with Gasteiger partial charge in [0.25, 0.3) is 0 Å². The number of benzene rings is 1. The van der Waals surface area contributed by atoms with E-state index in [1.165, 1.54) is 6.92 Å². The minimum absolute atomic E-state index is 0.0305. The predicted octanol–water partition coefficient (Wildman–Crippen LogP) is 2.97. The van der Waals surface area contributed by atoms with Crippen molar-refractivity contribution in [2.24, 2.45) is 0 Å². The van der Waals surface area contributed by atoms with Gasteiger partial charge in [-0.15, -0.1) is 0 Å². The molecule has 0 aliphatic heterocycles. The van der Waals surface area contributed by atoms with E-state index in [-0.39, 0.29) is 5.91 Å². The van der Waals surface area contributed by atoms with Crippen LogP contribution in [0.25, 0.3) is 0 Å². The van der Waals surface area contributed by atoms with Gasteiger partial charge in [-0.25, -0.2) is 0 Å². The number of hydrogen-bond donors (Lipinski definition) is 1. The van der Waals surface area contributed by atoms with Gasteiger partial charge in [-0.1, -0.05) is 22.9 Å². The first-order chi connectivity index (χ1) is 6.13. The number of hydrogen-bond acceptors (Lipinski definition) is 1. The highest BCUT2D eigenvalue weighted by Crippen LogP contribution is 2.21. The highest BCUT2D eigenvalue weighted by molar-refractivity contribution is 9.10. The number of carbonyl (C=O) groups excluding carboxylic acids is 1. The van der Waals surface area contributed by atoms with Crippen LogP contribution in [0.15, 0.2) is 22.7 Å². The molecule has 0 aliphatic rings. The fraction of sp³-hybridized carbons (Fsp3) is 0.300. The van der Waals surface area contributed by atoms with Crippen LogP contribution in [0.2, 0.25) is 0 Å². The van der Waals surface area contributed by atoms with Crippen molar-refractivity contribution in [2.75, 3.05) is 5.32 Å². The standard InChI is InChI=1S/C10H12BrNO/c1-3-8-6-9(11)4-5-10(8)12-7(2)13/h4-6H,3H2,1-2H3,(H,12,13). The number of carbonyl (C=O) groups is 1. The van der Waals surface area contributed by atoms with Crippen molar-refractivity contribution in [1.82, 2.24) is 0 Å². The van der Waals surface area contributed by atoms with Crippen LogP contribution in [0.4, 0.5) is 5.69 Å². The van der Waals surface area contributed by atoms with Gasteiger partial charge >= 0.3 is 0 Å². The van der Waals surface area contributed by atoms with E-state index < -0.39 is 0 Å². The van der Waals surface area contributed by atoms with Gasteiger partial charge in [0.15, 0.2) is 0 Å². The Labute approximate surface area is 86.5 Å². The van der Waals surface area contributed by atoms with E-state index in [0.29, 0.717) is 0 Å². The zero-order valence-electron chi connectivity index (χ0n) is 7.73. The van der Waals surface area contributed by atoms with Crippen LogP contribution in [0.5, 0.6) is 0 Å². The van der Waals surface area contributed by atoms with Crippen molar-refractivity contribution in [2.45, 2.75) is 20.3 Å². The molecule has 0 saturated carbocycles. The molecule has 0 unspecified atom stereocenters. The SMILES string of the molecule is CCc1cc(Br)ccc1NC(C)=O. The van der Waals surface area contributed by atoms with Crippen molar-refractivity contribution in [1.29, 1.82) is 0 Å². The molecule has 0 aromatic heterocycles. The average Bonchev–Trinajstić information content (AvgIpc) is 2.07. The molecular formula is C10H12BrNO. The van der Waals surface area contributed by atoms with E-state index in [1.807, 2.05) is 18.2 Å². The minimum Gasteiger partial charge on any atom is -0.326 e. The summed E-state index contributed by atoms with van der Waals surface area (Å²) >= 11 is 3.39. The molecule has 0 saturated heterocycles. The third-order valence-electron chi connectivity index (χ3n) is 1.76. The summed E-state index contributed by atoms with van der Waals surface area (Å²) < 4.78 is 1.04. The van der Waals surface area contributed by atoms with E-state index in [4.69, 9.17) is 0 Å². The Hall–Kier alpha value is -0.830. The fourth-order valence-electron chi connectivity index (χ4n) is 1.17. The van der Waals surface area contributed by atoms with Gasteiger partial charge in [-0.05, 0) is 30.2 Å². The van der Waals surface area contributed by atoms with Crippen LogP contribution < -0.4 is 5.32 Å². The smallest absolute Gasteiger partial charge is 0.221 e. The maximum Gasteiger partial charge on any atom is 0.221 e. The molecule has 1 rings (SSSR count). The van der Waals surface area contributed by atoms with Crippen LogP contribution in [0.1, 0.15) is 19.4 Å². The highest BCUT2D eigenvalue weighted by Gasteiger charge is 2.02. The van der Waals surface area contributed by atoms with Gasteiger partial charge in [-0.3, -0.25) is 4.79 Å². The first-order valence-corrected chi connectivity index (χ1v) is 4.98. The molecule has 0 radical (unpaired) electrons. The quantitative estimate of drug-likeness (QED) is 0.848. The molecule has 1 aromatic carbocycles. The van der Waals surface area contributed by atoms with Gasteiger partial charge in [0.1, 0.15) is 0 Å². The minimum atomic E-state index is -0.0305. The molecule has 1 amide bonds. The van der Waals surface area contributed by atoms with Crippen molar-refractivity contribution < 1.29 is 4.79 Å². The molecule has 0 bridgehead atoms. The maximum absolute atomic E-state index is 10.8. The Balaban J connectivity index is 2.99. The molecule has 3 heteroatoms. The maximum atomic E-state index is 10.8. The normalized spacial score (nSPS) is 9.77. The fourth-order valence-corrected chi connectivity index (χ4v) is 1.57. The number of amides is 1. The summed E-state index contributed by atoms with van der Waals surface area (Å²) in [5, 5.41) is 2.79. The summed E-state index contributed by atoms with van der Waals surface area (Å²) in [6.45, 7) is 3.58. The monoisotopic (exact) mass is 241 g/mol. The Kier molecular flexibility index (Phi) is 3.48. The number of anilines is 1. The molecule has 0 fully saturated rings. The van der Waals surface area contributed by atoms with Crippen LogP contribution in [0.3, 0.4) is 0 Å². The first-order valence-electron chi connectivity index (χ1n) is 4.19. The largest absolute Gasteiger partial charge is 0.326 e. The molecule has 1 aromatic rings. The summed E-state index contributed by atoms with van der Waals surface area (Å²) in [6.07, 6.45) is 0.912. The van der Waals surface area contributed by atoms with Gasteiger partial charge in [0.05, 0.1) is 0 Å². The summed E-state index contributed by atoms with van der Waals surface area (Å²) in [5.41, 5.74) is 2.04. The molecule has 0 heterocycles. The van der Waals surface area contributed by atoms with Crippen molar-refractivity contribution >= 4 is 27.5 Å². The Morgan fingerprint density at radius 2 is 2.23 bits per heavy atom. The third-order valence-corrected chi connectivity index (χ3v) is 2.25. The zero-order valence-corrected chi connectivity index (χ0v) is 9.31. The molecule has 70 valence electrons. The molecule has 0 spiro atoms. The second-order valence-electron chi connectivity index (χ2n) is 2.84. The average molecular weight is 242 g/mol. The van der Waals surface area contributed by atoms with Crippen molar-refractivity contribution in [3.05, 3.63) is 28.2 Å². The molecular weight excluding hydrogens is 230 g/mol. The lowest BCUT2D eigenvalue weighted by Gasteiger charge is -2.08. The van der Waals surface area contributed by atoms with Gasteiger partial charge < -0.3 is 5.32 Å². The number of aryl methyl sites for hydroxylation is 1. The van der Waals surface area contributed by atoms with Crippen LogP contribution in [-0.4, -0.2) is 5.91 Å². The van der Waals surface area contributed by atoms with Crippen LogP contribution >= 0.6 is 15.9 Å². The lowest BCUT2D eigenvalue weighted by atomic mass is 10.1. The summed E-state index contributed by atoms with van der Waals surface area (Å²) in [6, 6.07) is 5.85. The Morgan fingerprint density at radius 1 is 1.54 bits per heavy atom. The van der Waals surface area contributed by atoms with E-state index in [9.17, 15) is 4.79 Å². The van der Waals surface area contributed by atoms with Crippen LogP contribution in [0, 0.1) is 0 Å². The molecule has 2 nitrogen and oxygen atoms in total. The Morgan fingerprint density at radius 3 is 2.77 bits per heavy atom. The molecule has 0 atom stereocenters. The molecule has 0 aliphatic carbocycles. The van der Waals surface area contributed by atoms with E-state index in [1.54, 1.807) is 0 Å². The van der Waals surface area contributed by atoms with Gasteiger partial charge in [0.2, 0.25) is 5.91 Å². The Bertz CT molecular complexity index is 323. The zero-order chi connectivity index (χ0) is 9.84. The number of rotatable bonds is 2. The highest BCUT2D eigenvalue weighted by atomic mass is 79.9. The number of halogens is 1. The van der Waals surface area contributed by atoms with E-state index in [2.05, 4.69) is 28.2 Å². The molecule has 13 heavy (non-hydrogen) atoms. The summed E-state index contributed by atoms with van der Waals surface area (Å²) in [5.74, 6) is -0.0305. The van der Waals surface area contributed by atoms with Crippen LogP contribution in [-0.2, 0) is 11.2 Å². The lowest BCUT2D eigenvalue weighted by molar-refractivity contribution is -0.114. The van der Waals surface area contributed by atoms with E-state index >= 15 is 0 Å². The second-order valence-corrected chi connectivity index (χ2v) is 3.75. The third kappa shape index (κ3) is 2.84. The first kappa shape index (κ1) is 10.3. The lowest BCUT2D eigenvalue weighted by Crippen LogP contribution is -2.07. The summed E-state index contributed by atoms with van der Waals surface area (Å²) in [4.78, 5) is 10.8. The predicted molar refractivity (Wildman–Crippen MR) is 57.8 cm³/mol. The van der Waals surface area contributed by atoms with E-state index in [0.717, 1.165) is 22.1 Å². The second kappa shape index (κ2) is 4.42. The molecule has 1 N–H and O–H groups in total. The summed E-state index contributed by atoms with van der Waals surface area (Å²) in [7, 11) is 0. The number of nitrogens with one attached hydrogen (secondary N) is 1. The van der Waals surface area contributed by atoms with Gasteiger partial charge in [-0.2, -0.15) is 0 Å². The van der Waals surface area contributed by atoms with Crippen molar-refractivity contribution in [3.8, 4) is 0 Å².